The van der Waals surface area contributed by atoms with Crippen LogP contribution >= 0.6 is 0 Å². The first-order valence-corrected chi connectivity index (χ1v) is 11.5. The SMILES string of the molecule is COc1cc2c(cc1OC)CN1CC[C@@H](NC(=O)C3CCc4ccccc4C3)C[C@@H]1C2. The van der Waals surface area contributed by atoms with Crippen molar-refractivity contribution in [1.82, 2.24) is 10.2 Å². The van der Waals surface area contributed by atoms with Crippen LogP contribution in [-0.4, -0.2) is 43.7 Å². The lowest BCUT2D eigenvalue weighted by molar-refractivity contribution is -0.126. The molecule has 1 saturated heterocycles. The summed E-state index contributed by atoms with van der Waals surface area (Å²) in [4.78, 5) is 15.6. The van der Waals surface area contributed by atoms with Crippen molar-refractivity contribution < 1.29 is 14.3 Å². The Morgan fingerprint density at radius 2 is 1.71 bits per heavy atom. The van der Waals surface area contributed by atoms with Crippen molar-refractivity contribution in [2.75, 3.05) is 20.8 Å². The van der Waals surface area contributed by atoms with Crippen molar-refractivity contribution in [3.8, 4) is 11.5 Å². The molecule has 5 rings (SSSR count). The second-order valence-electron chi connectivity index (χ2n) is 9.24. The van der Waals surface area contributed by atoms with Gasteiger partial charge < -0.3 is 14.8 Å². The molecular formula is C26H32N2O3. The lowest BCUT2D eigenvalue weighted by Gasteiger charge is -2.43. The summed E-state index contributed by atoms with van der Waals surface area (Å²) in [5.74, 6) is 1.95. The van der Waals surface area contributed by atoms with Gasteiger partial charge in [-0.05, 0) is 72.9 Å². The first kappa shape index (κ1) is 20.4. The predicted molar refractivity (Wildman–Crippen MR) is 121 cm³/mol. The van der Waals surface area contributed by atoms with E-state index in [-0.39, 0.29) is 17.9 Å². The largest absolute Gasteiger partial charge is 0.493 e. The van der Waals surface area contributed by atoms with Gasteiger partial charge in [-0.1, -0.05) is 24.3 Å². The number of ether oxygens (including phenoxy) is 2. The maximum atomic E-state index is 13.0. The highest BCUT2D eigenvalue weighted by atomic mass is 16.5. The number of piperidine rings is 1. The molecule has 0 aromatic heterocycles. The number of rotatable bonds is 4. The number of methoxy groups -OCH3 is 2. The number of amides is 1. The molecule has 2 aromatic carbocycles. The van der Waals surface area contributed by atoms with Crippen molar-refractivity contribution in [2.24, 2.45) is 5.92 Å². The van der Waals surface area contributed by atoms with Crippen LogP contribution in [0.25, 0.3) is 0 Å². The summed E-state index contributed by atoms with van der Waals surface area (Å²) < 4.78 is 11.0. The molecule has 1 unspecified atom stereocenters. The van der Waals surface area contributed by atoms with Gasteiger partial charge in [0.15, 0.2) is 11.5 Å². The highest BCUT2D eigenvalue weighted by Gasteiger charge is 2.35. The number of aryl methyl sites for hydroxylation is 1. The molecule has 2 heterocycles. The van der Waals surface area contributed by atoms with Crippen LogP contribution in [0.5, 0.6) is 11.5 Å². The predicted octanol–water partition coefficient (Wildman–Crippen LogP) is 3.51. The van der Waals surface area contributed by atoms with E-state index < -0.39 is 0 Å². The topological polar surface area (TPSA) is 50.8 Å². The van der Waals surface area contributed by atoms with E-state index in [2.05, 4.69) is 46.6 Å². The maximum Gasteiger partial charge on any atom is 0.223 e. The van der Waals surface area contributed by atoms with Crippen molar-refractivity contribution in [1.29, 1.82) is 0 Å². The van der Waals surface area contributed by atoms with Crippen LogP contribution in [0.3, 0.4) is 0 Å². The second kappa shape index (κ2) is 8.54. The Labute approximate surface area is 184 Å². The summed E-state index contributed by atoms with van der Waals surface area (Å²) in [6.07, 6.45) is 5.88. The molecule has 0 spiro atoms. The van der Waals surface area contributed by atoms with E-state index in [9.17, 15) is 4.79 Å². The zero-order valence-electron chi connectivity index (χ0n) is 18.5. The highest BCUT2D eigenvalue weighted by Crippen LogP contribution is 2.37. The third-order valence-electron chi connectivity index (χ3n) is 7.44. The fourth-order valence-electron chi connectivity index (χ4n) is 5.66. The first-order valence-electron chi connectivity index (χ1n) is 11.5. The number of hydrogen-bond acceptors (Lipinski definition) is 4. The summed E-state index contributed by atoms with van der Waals surface area (Å²) in [7, 11) is 3.38. The molecule has 5 nitrogen and oxygen atoms in total. The van der Waals surface area contributed by atoms with Crippen LogP contribution < -0.4 is 14.8 Å². The van der Waals surface area contributed by atoms with Gasteiger partial charge in [-0.2, -0.15) is 0 Å². The molecule has 5 heteroatoms. The molecule has 2 aliphatic heterocycles. The van der Waals surface area contributed by atoms with Crippen LogP contribution in [0.15, 0.2) is 36.4 Å². The van der Waals surface area contributed by atoms with E-state index in [1.54, 1.807) is 14.2 Å². The molecule has 0 radical (unpaired) electrons. The summed E-state index contributed by atoms with van der Waals surface area (Å²) in [5.41, 5.74) is 5.43. The molecular weight excluding hydrogens is 388 g/mol. The Morgan fingerprint density at radius 1 is 0.968 bits per heavy atom. The minimum Gasteiger partial charge on any atom is -0.493 e. The lowest BCUT2D eigenvalue weighted by Crippen LogP contribution is -2.53. The van der Waals surface area contributed by atoms with Gasteiger partial charge in [-0.15, -0.1) is 0 Å². The van der Waals surface area contributed by atoms with E-state index in [0.29, 0.717) is 6.04 Å². The van der Waals surface area contributed by atoms with E-state index in [4.69, 9.17) is 9.47 Å². The summed E-state index contributed by atoms with van der Waals surface area (Å²) >= 11 is 0. The standard InChI is InChI=1S/C26H32N2O3/c1-30-24-13-20-12-23-15-22(9-10-28(23)16-21(20)14-25(24)31-2)27-26(29)19-8-7-17-5-3-4-6-18(17)11-19/h3-6,13-14,19,22-23H,7-12,15-16H2,1-2H3,(H,27,29)/t19?,22-,23+/m1/s1. The average Bonchev–Trinajstić information content (AvgIpc) is 2.81. The second-order valence-corrected chi connectivity index (χ2v) is 9.24. The van der Waals surface area contributed by atoms with Crippen molar-refractivity contribution in [2.45, 2.75) is 57.2 Å². The first-order chi connectivity index (χ1) is 15.1. The molecule has 3 aliphatic rings. The van der Waals surface area contributed by atoms with Gasteiger partial charge in [-0.3, -0.25) is 9.69 Å². The fraction of sp³-hybridized carbons (Fsp3) is 0.500. The molecule has 1 N–H and O–H groups in total. The minimum absolute atomic E-state index is 0.108. The van der Waals surface area contributed by atoms with Crippen LogP contribution in [0, 0.1) is 5.92 Å². The number of fused-ring (bicyclic) bond motifs is 3. The van der Waals surface area contributed by atoms with E-state index in [1.807, 2.05) is 0 Å². The molecule has 31 heavy (non-hydrogen) atoms. The Balaban J connectivity index is 1.23. The summed E-state index contributed by atoms with van der Waals surface area (Å²) in [6, 6.07) is 13.6. The Kier molecular flexibility index (Phi) is 5.61. The Morgan fingerprint density at radius 3 is 2.48 bits per heavy atom. The third-order valence-corrected chi connectivity index (χ3v) is 7.44. The molecule has 0 saturated carbocycles. The van der Waals surface area contributed by atoms with Gasteiger partial charge in [0.05, 0.1) is 14.2 Å². The number of carbonyl (C=O) groups is 1. The van der Waals surface area contributed by atoms with Crippen LogP contribution in [-0.2, 0) is 30.6 Å². The van der Waals surface area contributed by atoms with Gasteiger partial charge in [0.1, 0.15) is 0 Å². The Bertz CT molecular complexity index is 973. The van der Waals surface area contributed by atoms with Crippen molar-refractivity contribution in [3.63, 3.8) is 0 Å². The van der Waals surface area contributed by atoms with Gasteiger partial charge in [0, 0.05) is 31.1 Å². The number of nitrogens with zero attached hydrogens (tertiary/aromatic N) is 1. The van der Waals surface area contributed by atoms with Gasteiger partial charge in [0.2, 0.25) is 5.91 Å². The van der Waals surface area contributed by atoms with Crippen LogP contribution in [0.1, 0.15) is 41.5 Å². The van der Waals surface area contributed by atoms with E-state index in [0.717, 1.165) is 63.1 Å². The molecule has 1 aliphatic carbocycles. The normalized spacial score (nSPS) is 25.0. The van der Waals surface area contributed by atoms with E-state index in [1.165, 1.54) is 22.3 Å². The molecule has 3 atom stereocenters. The highest BCUT2D eigenvalue weighted by molar-refractivity contribution is 5.79. The minimum atomic E-state index is 0.108. The number of benzene rings is 2. The van der Waals surface area contributed by atoms with Crippen LogP contribution in [0.4, 0.5) is 0 Å². The number of nitrogens with one attached hydrogen (secondary N) is 1. The summed E-state index contributed by atoms with van der Waals surface area (Å²) in [5, 5.41) is 3.41. The molecule has 1 fully saturated rings. The average molecular weight is 421 g/mol. The zero-order chi connectivity index (χ0) is 21.4. The lowest BCUT2D eigenvalue weighted by atomic mass is 9.82. The van der Waals surface area contributed by atoms with Crippen LogP contribution in [0.2, 0.25) is 0 Å². The molecule has 2 aromatic rings. The molecule has 0 bridgehead atoms. The Hall–Kier alpha value is -2.53. The van der Waals surface area contributed by atoms with Gasteiger partial charge in [0.25, 0.3) is 0 Å². The van der Waals surface area contributed by atoms with Gasteiger partial charge >= 0.3 is 0 Å². The monoisotopic (exact) mass is 420 g/mol. The van der Waals surface area contributed by atoms with E-state index >= 15 is 0 Å². The fourth-order valence-corrected chi connectivity index (χ4v) is 5.66. The van der Waals surface area contributed by atoms with Crippen molar-refractivity contribution in [3.05, 3.63) is 58.7 Å². The zero-order valence-corrected chi connectivity index (χ0v) is 18.5. The quantitative estimate of drug-likeness (QED) is 0.822. The van der Waals surface area contributed by atoms with Gasteiger partial charge in [-0.25, -0.2) is 0 Å². The molecule has 164 valence electrons. The number of hydrogen-bond donors (Lipinski definition) is 1. The third kappa shape index (κ3) is 4.03. The maximum absolute atomic E-state index is 13.0. The van der Waals surface area contributed by atoms with Crippen molar-refractivity contribution >= 4 is 5.91 Å². The summed E-state index contributed by atoms with van der Waals surface area (Å²) in [6.45, 7) is 1.97. The smallest absolute Gasteiger partial charge is 0.223 e. The molecule has 1 amide bonds. The number of carbonyl (C=O) groups excluding carboxylic acids is 1.